The molecule has 2 aromatic rings. The molecule has 0 aliphatic heterocycles. The van der Waals surface area contributed by atoms with Crippen LogP contribution < -0.4 is 10.2 Å². The van der Waals surface area contributed by atoms with Crippen LogP contribution in [0, 0.1) is 5.92 Å². The number of hydrogen-bond donors (Lipinski definition) is 1. The highest BCUT2D eigenvalue weighted by atomic mass is 16.2. The maximum Gasteiger partial charge on any atom is 0.326 e. The molecule has 0 saturated carbocycles. The van der Waals surface area contributed by atoms with E-state index in [4.69, 9.17) is 0 Å². The van der Waals surface area contributed by atoms with Crippen LogP contribution in [0.15, 0.2) is 54.6 Å². The molecule has 0 saturated heterocycles. The second-order valence-corrected chi connectivity index (χ2v) is 5.62. The third-order valence-electron chi connectivity index (χ3n) is 3.27. The summed E-state index contributed by atoms with van der Waals surface area (Å²) in [5.41, 5.74) is 2.95. The SMILES string of the molecule is CC(C)Cc1cccc(N(C)C(=O)Nc2ccccc2)c1. The van der Waals surface area contributed by atoms with E-state index in [-0.39, 0.29) is 6.03 Å². The van der Waals surface area contributed by atoms with E-state index in [1.807, 2.05) is 42.5 Å². The zero-order valence-corrected chi connectivity index (χ0v) is 12.8. The third kappa shape index (κ3) is 4.35. The van der Waals surface area contributed by atoms with E-state index in [0.29, 0.717) is 5.92 Å². The Balaban J connectivity index is 2.08. The van der Waals surface area contributed by atoms with Crippen molar-refractivity contribution in [1.82, 2.24) is 0 Å². The number of urea groups is 1. The van der Waals surface area contributed by atoms with Gasteiger partial charge in [0, 0.05) is 18.4 Å². The van der Waals surface area contributed by atoms with Crippen LogP contribution in [0.4, 0.5) is 16.2 Å². The van der Waals surface area contributed by atoms with E-state index in [0.717, 1.165) is 17.8 Å². The van der Waals surface area contributed by atoms with Gasteiger partial charge in [0.05, 0.1) is 0 Å². The van der Waals surface area contributed by atoms with E-state index in [2.05, 4.69) is 31.3 Å². The van der Waals surface area contributed by atoms with Crippen LogP contribution in [0.3, 0.4) is 0 Å². The number of benzene rings is 2. The molecule has 0 heterocycles. The highest BCUT2D eigenvalue weighted by molar-refractivity contribution is 6.01. The molecule has 0 aliphatic rings. The van der Waals surface area contributed by atoms with Gasteiger partial charge in [-0.3, -0.25) is 4.90 Å². The molecule has 2 aromatic carbocycles. The van der Waals surface area contributed by atoms with Gasteiger partial charge in [-0.05, 0) is 42.2 Å². The zero-order valence-electron chi connectivity index (χ0n) is 12.8. The van der Waals surface area contributed by atoms with E-state index in [9.17, 15) is 4.79 Å². The lowest BCUT2D eigenvalue weighted by atomic mass is 10.0. The molecule has 0 bridgehead atoms. The van der Waals surface area contributed by atoms with Gasteiger partial charge in [-0.25, -0.2) is 4.79 Å². The zero-order chi connectivity index (χ0) is 15.2. The van der Waals surface area contributed by atoms with Crippen molar-refractivity contribution in [3.63, 3.8) is 0 Å². The topological polar surface area (TPSA) is 32.3 Å². The number of carbonyl (C=O) groups excluding carboxylic acids is 1. The second kappa shape index (κ2) is 6.93. The monoisotopic (exact) mass is 282 g/mol. The maximum absolute atomic E-state index is 12.3. The van der Waals surface area contributed by atoms with Crippen LogP contribution in [-0.2, 0) is 6.42 Å². The van der Waals surface area contributed by atoms with Crippen molar-refractivity contribution in [3.05, 3.63) is 60.2 Å². The van der Waals surface area contributed by atoms with Gasteiger partial charge in [0.2, 0.25) is 0 Å². The molecular weight excluding hydrogens is 260 g/mol. The third-order valence-corrected chi connectivity index (χ3v) is 3.27. The van der Waals surface area contributed by atoms with E-state index < -0.39 is 0 Å². The lowest BCUT2D eigenvalue weighted by Crippen LogP contribution is -2.31. The molecule has 110 valence electrons. The first kappa shape index (κ1) is 15.1. The summed E-state index contributed by atoms with van der Waals surface area (Å²) in [5.74, 6) is 0.601. The van der Waals surface area contributed by atoms with Crippen molar-refractivity contribution in [1.29, 1.82) is 0 Å². The van der Waals surface area contributed by atoms with Gasteiger partial charge in [-0.2, -0.15) is 0 Å². The van der Waals surface area contributed by atoms with E-state index in [1.165, 1.54) is 5.56 Å². The van der Waals surface area contributed by atoms with E-state index in [1.54, 1.807) is 11.9 Å². The largest absolute Gasteiger partial charge is 0.326 e. The van der Waals surface area contributed by atoms with Crippen molar-refractivity contribution in [2.75, 3.05) is 17.3 Å². The number of amides is 2. The number of carbonyl (C=O) groups is 1. The molecule has 0 radical (unpaired) electrons. The fourth-order valence-corrected chi connectivity index (χ4v) is 2.21. The Morgan fingerprint density at radius 2 is 1.81 bits per heavy atom. The standard InChI is InChI=1S/C18H22N2O/c1-14(2)12-15-8-7-11-17(13-15)20(3)18(21)19-16-9-5-4-6-10-16/h4-11,13-14H,12H2,1-3H3,(H,19,21). The summed E-state index contributed by atoms with van der Waals surface area (Å²) in [7, 11) is 1.78. The highest BCUT2D eigenvalue weighted by Crippen LogP contribution is 2.18. The molecule has 0 aliphatic carbocycles. The fourth-order valence-electron chi connectivity index (χ4n) is 2.21. The summed E-state index contributed by atoms with van der Waals surface area (Å²) >= 11 is 0. The molecule has 1 N–H and O–H groups in total. The minimum absolute atomic E-state index is 0.136. The Bertz CT molecular complexity index is 593. The normalized spacial score (nSPS) is 10.5. The van der Waals surface area contributed by atoms with Gasteiger partial charge in [-0.1, -0.05) is 44.2 Å². The van der Waals surface area contributed by atoms with E-state index >= 15 is 0 Å². The Morgan fingerprint density at radius 3 is 2.48 bits per heavy atom. The number of nitrogens with one attached hydrogen (secondary N) is 1. The number of nitrogens with zero attached hydrogens (tertiary/aromatic N) is 1. The summed E-state index contributed by atoms with van der Waals surface area (Å²) < 4.78 is 0. The lowest BCUT2D eigenvalue weighted by molar-refractivity contribution is 0.258. The number of hydrogen-bond acceptors (Lipinski definition) is 1. The molecule has 3 heteroatoms. The minimum Gasteiger partial charge on any atom is -0.308 e. The van der Waals surface area contributed by atoms with Crippen LogP contribution in [0.1, 0.15) is 19.4 Å². The maximum atomic E-state index is 12.3. The molecule has 0 fully saturated rings. The first-order chi connectivity index (χ1) is 10.1. The Morgan fingerprint density at radius 1 is 1.10 bits per heavy atom. The van der Waals surface area contributed by atoms with Crippen molar-refractivity contribution in [3.8, 4) is 0 Å². The second-order valence-electron chi connectivity index (χ2n) is 5.62. The Hall–Kier alpha value is -2.29. The van der Waals surface area contributed by atoms with Gasteiger partial charge in [0.1, 0.15) is 0 Å². The molecule has 0 unspecified atom stereocenters. The Kier molecular flexibility index (Phi) is 4.99. The fraction of sp³-hybridized carbons (Fsp3) is 0.278. The average Bonchev–Trinajstić information content (AvgIpc) is 2.47. The molecule has 2 rings (SSSR count). The van der Waals surface area contributed by atoms with Crippen molar-refractivity contribution >= 4 is 17.4 Å². The van der Waals surface area contributed by atoms with Crippen molar-refractivity contribution in [2.45, 2.75) is 20.3 Å². The summed E-state index contributed by atoms with van der Waals surface area (Å²) in [5, 5.41) is 2.89. The predicted molar refractivity (Wildman–Crippen MR) is 88.8 cm³/mol. The van der Waals surface area contributed by atoms with Crippen LogP contribution in [0.2, 0.25) is 0 Å². The van der Waals surface area contributed by atoms with Gasteiger partial charge in [-0.15, -0.1) is 0 Å². The smallest absolute Gasteiger partial charge is 0.308 e. The molecule has 21 heavy (non-hydrogen) atoms. The summed E-state index contributed by atoms with van der Waals surface area (Å²) in [6.07, 6.45) is 1.02. The van der Waals surface area contributed by atoms with Crippen LogP contribution in [-0.4, -0.2) is 13.1 Å². The van der Waals surface area contributed by atoms with Gasteiger partial charge in [0.25, 0.3) is 0 Å². The minimum atomic E-state index is -0.136. The first-order valence-electron chi connectivity index (χ1n) is 7.25. The van der Waals surface area contributed by atoms with Crippen molar-refractivity contribution in [2.24, 2.45) is 5.92 Å². The van der Waals surface area contributed by atoms with Gasteiger partial charge in [0.15, 0.2) is 0 Å². The number of anilines is 2. The molecule has 0 atom stereocenters. The summed E-state index contributed by atoms with van der Waals surface area (Å²) in [4.78, 5) is 13.9. The molecule has 3 nitrogen and oxygen atoms in total. The van der Waals surface area contributed by atoms with Gasteiger partial charge < -0.3 is 5.32 Å². The lowest BCUT2D eigenvalue weighted by Gasteiger charge is -2.19. The van der Waals surface area contributed by atoms with Crippen LogP contribution in [0.5, 0.6) is 0 Å². The Labute approximate surface area is 126 Å². The summed E-state index contributed by atoms with van der Waals surface area (Å²) in [6.45, 7) is 4.39. The highest BCUT2D eigenvalue weighted by Gasteiger charge is 2.11. The average molecular weight is 282 g/mol. The molecule has 0 spiro atoms. The number of rotatable bonds is 4. The number of para-hydroxylation sites is 1. The predicted octanol–water partition coefficient (Wildman–Crippen LogP) is 4.55. The van der Waals surface area contributed by atoms with Gasteiger partial charge >= 0.3 is 6.03 Å². The van der Waals surface area contributed by atoms with Crippen LogP contribution >= 0.6 is 0 Å². The first-order valence-corrected chi connectivity index (χ1v) is 7.25. The quantitative estimate of drug-likeness (QED) is 0.876. The van der Waals surface area contributed by atoms with Crippen molar-refractivity contribution < 1.29 is 4.79 Å². The molecule has 2 amide bonds. The van der Waals surface area contributed by atoms with Crippen LogP contribution in [0.25, 0.3) is 0 Å². The summed E-state index contributed by atoms with van der Waals surface area (Å²) in [6, 6.07) is 17.5. The molecule has 0 aromatic heterocycles. The molecular formula is C18H22N2O.